The molecule has 0 unspecified atom stereocenters. The molecule has 7 heteroatoms. The first-order valence-electron chi connectivity index (χ1n) is 10.8. The fourth-order valence-corrected chi connectivity index (χ4v) is 2.82. The molecular weight excluding hydrogens is 412 g/mol. The third kappa shape index (κ3) is 9.81. The number of allylic oxidation sites excluding steroid dienone is 2. The van der Waals surface area contributed by atoms with Crippen LogP contribution in [0, 0.1) is 5.92 Å². The van der Waals surface area contributed by atoms with Crippen molar-refractivity contribution in [3.8, 4) is 11.5 Å². The van der Waals surface area contributed by atoms with Gasteiger partial charge in [-0.3, -0.25) is 9.59 Å². The van der Waals surface area contributed by atoms with E-state index in [1.807, 2.05) is 33.8 Å². The predicted octanol–water partition coefficient (Wildman–Crippen LogP) is 4.69. The molecule has 0 aromatic heterocycles. The van der Waals surface area contributed by atoms with Gasteiger partial charge in [-0.1, -0.05) is 32.4 Å². The Morgan fingerprint density at radius 3 is 2.53 bits per heavy atom. The van der Waals surface area contributed by atoms with Gasteiger partial charge >= 0.3 is 5.97 Å². The van der Waals surface area contributed by atoms with Gasteiger partial charge in [0.15, 0.2) is 5.78 Å². The molecule has 1 aromatic carbocycles. The van der Waals surface area contributed by atoms with Gasteiger partial charge in [-0.2, -0.15) is 0 Å². The summed E-state index contributed by atoms with van der Waals surface area (Å²) in [7, 11) is 1.50. The Morgan fingerprint density at radius 1 is 1.16 bits per heavy atom. The van der Waals surface area contributed by atoms with Crippen molar-refractivity contribution >= 4 is 18.2 Å². The monoisotopic (exact) mass is 446 g/mol. The van der Waals surface area contributed by atoms with Crippen LogP contribution in [0.1, 0.15) is 57.3 Å². The maximum atomic E-state index is 12.5. The first-order valence-corrected chi connectivity index (χ1v) is 10.8. The van der Waals surface area contributed by atoms with E-state index < -0.39 is 5.97 Å². The maximum absolute atomic E-state index is 12.5. The van der Waals surface area contributed by atoms with E-state index in [-0.39, 0.29) is 24.9 Å². The summed E-state index contributed by atoms with van der Waals surface area (Å²) in [5.74, 6) is 0.689. The van der Waals surface area contributed by atoms with Gasteiger partial charge in [0.1, 0.15) is 18.1 Å². The highest BCUT2D eigenvalue weighted by atomic mass is 16.5. The minimum absolute atomic E-state index is 0.00597. The van der Waals surface area contributed by atoms with Gasteiger partial charge in [0.05, 0.1) is 31.5 Å². The summed E-state index contributed by atoms with van der Waals surface area (Å²) in [5.41, 5.74) is 1.67. The summed E-state index contributed by atoms with van der Waals surface area (Å²) in [6, 6.07) is 5.00. The van der Waals surface area contributed by atoms with Crippen LogP contribution < -0.4 is 9.47 Å². The lowest BCUT2D eigenvalue weighted by Gasteiger charge is -2.13. The Hall–Kier alpha value is -3.09. The standard InChI is InChI=1S/C25H34O7/c1-6-11-31-25(28)20(14-19(4)8-7-12-30-17-26)16-32-21-9-10-22(24(15-21)29-5)23(27)13-18(2)3/h8-10,14-15,17-18H,6-7,11-13,16H2,1-5H3/b19-8-,20-14+. The third-order valence-electron chi connectivity index (χ3n) is 4.33. The summed E-state index contributed by atoms with van der Waals surface area (Å²) >= 11 is 0. The van der Waals surface area contributed by atoms with E-state index in [0.717, 1.165) is 5.57 Å². The predicted molar refractivity (Wildman–Crippen MR) is 122 cm³/mol. The second-order valence-electron chi connectivity index (χ2n) is 7.68. The summed E-state index contributed by atoms with van der Waals surface area (Å²) in [6.45, 7) is 8.69. The van der Waals surface area contributed by atoms with Crippen molar-refractivity contribution in [2.24, 2.45) is 5.92 Å². The molecule has 1 rings (SSSR count). The average molecular weight is 447 g/mol. The van der Waals surface area contributed by atoms with Gasteiger partial charge in [-0.15, -0.1) is 0 Å². The molecule has 0 bridgehead atoms. The van der Waals surface area contributed by atoms with Crippen molar-refractivity contribution in [3.05, 3.63) is 47.1 Å². The number of carbonyl (C=O) groups is 3. The number of ether oxygens (including phenoxy) is 4. The van der Waals surface area contributed by atoms with Crippen molar-refractivity contribution in [2.45, 2.75) is 47.0 Å². The number of carbonyl (C=O) groups excluding carboxylic acids is 3. The Balaban J connectivity index is 2.98. The second-order valence-corrected chi connectivity index (χ2v) is 7.68. The fourth-order valence-electron chi connectivity index (χ4n) is 2.82. The molecule has 7 nitrogen and oxygen atoms in total. The minimum atomic E-state index is -0.459. The second kappa shape index (κ2) is 14.8. The molecular formula is C25H34O7. The Kier molecular flexibility index (Phi) is 12.5. The molecule has 0 saturated heterocycles. The van der Waals surface area contributed by atoms with Crippen molar-refractivity contribution in [1.29, 1.82) is 0 Å². The van der Waals surface area contributed by atoms with Crippen LogP contribution in [0.25, 0.3) is 0 Å². The summed E-state index contributed by atoms with van der Waals surface area (Å²) in [5, 5.41) is 0. The maximum Gasteiger partial charge on any atom is 0.337 e. The molecule has 0 radical (unpaired) electrons. The zero-order valence-corrected chi connectivity index (χ0v) is 19.6. The molecule has 0 aliphatic rings. The molecule has 0 atom stereocenters. The van der Waals surface area contributed by atoms with Gasteiger partial charge in [0, 0.05) is 18.9 Å². The number of ketones is 1. The Bertz CT molecular complexity index is 822. The molecule has 0 amide bonds. The van der Waals surface area contributed by atoms with E-state index in [0.29, 0.717) is 55.0 Å². The normalized spacial score (nSPS) is 11.8. The average Bonchev–Trinajstić information content (AvgIpc) is 2.77. The number of hydrogen-bond acceptors (Lipinski definition) is 7. The molecule has 1 aromatic rings. The molecule has 32 heavy (non-hydrogen) atoms. The van der Waals surface area contributed by atoms with Crippen LogP contribution >= 0.6 is 0 Å². The summed E-state index contributed by atoms with van der Waals surface area (Å²) < 4.78 is 21.1. The molecule has 0 fully saturated rings. The van der Waals surface area contributed by atoms with Gasteiger partial charge in [-0.05, 0) is 37.5 Å². The molecule has 0 spiro atoms. The largest absolute Gasteiger partial charge is 0.496 e. The SMILES string of the molecule is CCCOC(=O)/C(=C/C(C)=C\CCOC=O)COc1ccc(C(=O)CC(C)C)c(OC)c1. The number of esters is 1. The Labute approximate surface area is 190 Å². The van der Waals surface area contributed by atoms with Gasteiger partial charge in [0.2, 0.25) is 0 Å². The molecule has 0 aliphatic carbocycles. The topological polar surface area (TPSA) is 88.1 Å². The van der Waals surface area contributed by atoms with Crippen LogP contribution in [0.5, 0.6) is 11.5 Å². The highest BCUT2D eigenvalue weighted by Gasteiger charge is 2.16. The van der Waals surface area contributed by atoms with Crippen LogP contribution in [0.4, 0.5) is 0 Å². The zero-order chi connectivity index (χ0) is 23.9. The zero-order valence-electron chi connectivity index (χ0n) is 19.6. The lowest BCUT2D eigenvalue weighted by atomic mass is 10.0. The van der Waals surface area contributed by atoms with Crippen molar-refractivity contribution in [2.75, 3.05) is 26.9 Å². The number of Topliss-reactive ketones (excluding diaryl/α,β-unsaturated/α-hetero) is 1. The molecule has 0 aliphatic heterocycles. The highest BCUT2D eigenvalue weighted by Crippen LogP contribution is 2.27. The fraction of sp³-hybridized carbons (Fsp3) is 0.480. The van der Waals surface area contributed by atoms with Crippen LogP contribution in [0.15, 0.2) is 41.5 Å². The van der Waals surface area contributed by atoms with Crippen LogP contribution in [-0.2, 0) is 19.1 Å². The quantitative estimate of drug-likeness (QED) is 0.0964. The van der Waals surface area contributed by atoms with E-state index in [9.17, 15) is 14.4 Å². The highest BCUT2D eigenvalue weighted by molar-refractivity contribution is 5.99. The summed E-state index contributed by atoms with van der Waals surface area (Å²) in [6.07, 6.45) is 5.21. The van der Waals surface area contributed by atoms with Crippen LogP contribution in [0.3, 0.4) is 0 Å². The van der Waals surface area contributed by atoms with Crippen LogP contribution in [0.2, 0.25) is 0 Å². The van der Waals surface area contributed by atoms with E-state index in [4.69, 9.17) is 14.2 Å². The first-order chi connectivity index (χ1) is 15.3. The minimum Gasteiger partial charge on any atom is -0.496 e. The van der Waals surface area contributed by atoms with Gasteiger partial charge in [-0.25, -0.2) is 4.79 Å². The lowest BCUT2D eigenvalue weighted by molar-refractivity contribution is -0.139. The van der Waals surface area contributed by atoms with Gasteiger partial charge < -0.3 is 18.9 Å². The number of benzene rings is 1. The number of methoxy groups -OCH3 is 1. The van der Waals surface area contributed by atoms with Crippen LogP contribution in [-0.4, -0.2) is 45.2 Å². The Morgan fingerprint density at radius 2 is 1.91 bits per heavy atom. The van der Waals surface area contributed by atoms with E-state index in [2.05, 4.69) is 4.74 Å². The summed E-state index contributed by atoms with van der Waals surface area (Å²) in [4.78, 5) is 35.1. The van der Waals surface area contributed by atoms with Crippen molar-refractivity contribution in [1.82, 2.24) is 0 Å². The first kappa shape index (κ1) is 26.9. The van der Waals surface area contributed by atoms with E-state index in [1.165, 1.54) is 7.11 Å². The van der Waals surface area contributed by atoms with E-state index >= 15 is 0 Å². The van der Waals surface area contributed by atoms with Gasteiger partial charge in [0.25, 0.3) is 6.47 Å². The van der Waals surface area contributed by atoms with E-state index in [1.54, 1.807) is 24.3 Å². The van der Waals surface area contributed by atoms with Crippen molar-refractivity contribution < 1.29 is 33.3 Å². The molecule has 0 saturated carbocycles. The third-order valence-corrected chi connectivity index (χ3v) is 4.33. The van der Waals surface area contributed by atoms with Crippen molar-refractivity contribution in [3.63, 3.8) is 0 Å². The molecule has 0 heterocycles. The number of hydrogen-bond donors (Lipinski definition) is 0. The lowest BCUT2D eigenvalue weighted by Crippen LogP contribution is -2.15. The molecule has 0 N–H and O–H groups in total. The molecule has 176 valence electrons. The number of rotatable bonds is 15. The smallest absolute Gasteiger partial charge is 0.337 e.